The van der Waals surface area contributed by atoms with Crippen molar-refractivity contribution in [3.63, 3.8) is 0 Å². The molecule has 0 saturated carbocycles. The zero-order chi connectivity index (χ0) is 16.2. The number of amides is 1. The molecule has 1 aliphatic rings. The summed E-state index contributed by atoms with van der Waals surface area (Å²) in [6, 6.07) is 6.07. The van der Waals surface area contributed by atoms with E-state index in [2.05, 4.69) is 17.6 Å². The molecule has 6 heteroatoms. The third kappa shape index (κ3) is 3.87. The maximum atomic E-state index is 12.5. The summed E-state index contributed by atoms with van der Waals surface area (Å²) in [4.78, 5) is 14.4. The Balaban J connectivity index is 2.21. The van der Waals surface area contributed by atoms with Gasteiger partial charge in [0, 0.05) is 18.7 Å². The zero-order valence-electron chi connectivity index (χ0n) is 12.6. The molecule has 1 atom stereocenters. The Morgan fingerprint density at radius 1 is 1.50 bits per heavy atom. The van der Waals surface area contributed by atoms with E-state index in [1.807, 2.05) is 0 Å². The van der Waals surface area contributed by atoms with Crippen molar-refractivity contribution in [3.8, 4) is 12.3 Å². The number of hydrogen-bond acceptors (Lipinski definition) is 3. The van der Waals surface area contributed by atoms with E-state index in [1.165, 1.54) is 12.1 Å². The van der Waals surface area contributed by atoms with Gasteiger partial charge in [0.1, 0.15) is 0 Å². The molecule has 0 spiro atoms. The quantitative estimate of drug-likeness (QED) is 0.854. The third-order valence-electron chi connectivity index (χ3n) is 3.70. The van der Waals surface area contributed by atoms with Crippen LogP contribution in [0.15, 0.2) is 29.2 Å². The van der Waals surface area contributed by atoms with Crippen LogP contribution in [0.3, 0.4) is 0 Å². The number of sulfonamides is 1. The van der Waals surface area contributed by atoms with E-state index in [0.29, 0.717) is 18.0 Å². The Labute approximate surface area is 131 Å². The predicted octanol–water partition coefficient (Wildman–Crippen LogP) is 1.47. The summed E-state index contributed by atoms with van der Waals surface area (Å²) in [7, 11) is -3.68. The first-order valence-corrected chi connectivity index (χ1v) is 8.75. The average Bonchev–Trinajstić information content (AvgIpc) is 2.52. The van der Waals surface area contributed by atoms with Crippen LogP contribution in [0.5, 0.6) is 0 Å². The molecule has 1 aromatic carbocycles. The van der Waals surface area contributed by atoms with E-state index in [-0.39, 0.29) is 17.3 Å². The molecule has 1 fully saturated rings. The fraction of sp³-hybridized carbons (Fsp3) is 0.438. The van der Waals surface area contributed by atoms with Crippen LogP contribution in [0.1, 0.15) is 30.1 Å². The van der Waals surface area contributed by atoms with Crippen LogP contribution < -0.4 is 4.72 Å². The Bertz CT molecular complexity index is 692. The highest BCUT2D eigenvalue weighted by molar-refractivity contribution is 7.89. The molecule has 1 heterocycles. The molecule has 1 aromatic rings. The van der Waals surface area contributed by atoms with E-state index < -0.39 is 10.0 Å². The minimum Gasteiger partial charge on any atom is -0.338 e. The van der Waals surface area contributed by atoms with Crippen LogP contribution in [0.25, 0.3) is 0 Å². The zero-order valence-corrected chi connectivity index (χ0v) is 13.4. The number of likely N-dealkylation sites (tertiary alicyclic amines) is 1. The molecule has 0 bridgehead atoms. The molecule has 0 aliphatic carbocycles. The molecule has 1 amide bonds. The maximum Gasteiger partial charge on any atom is 0.253 e. The summed E-state index contributed by atoms with van der Waals surface area (Å²) in [5, 5.41) is 0. The number of benzene rings is 1. The fourth-order valence-electron chi connectivity index (χ4n) is 2.57. The molecular weight excluding hydrogens is 300 g/mol. The largest absolute Gasteiger partial charge is 0.338 e. The number of piperidine rings is 1. The monoisotopic (exact) mass is 320 g/mol. The summed E-state index contributed by atoms with van der Waals surface area (Å²) in [6.45, 7) is 3.47. The van der Waals surface area contributed by atoms with E-state index >= 15 is 0 Å². The van der Waals surface area contributed by atoms with Crippen molar-refractivity contribution in [1.29, 1.82) is 0 Å². The lowest BCUT2D eigenvalue weighted by Crippen LogP contribution is -2.39. The second-order valence-corrected chi connectivity index (χ2v) is 7.32. The molecule has 22 heavy (non-hydrogen) atoms. The lowest BCUT2D eigenvalue weighted by molar-refractivity contribution is 0.0683. The number of carbonyl (C=O) groups excluding carboxylic acids is 1. The van der Waals surface area contributed by atoms with Crippen molar-refractivity contribution < 1.29 is 13.2 Å². The van der Waals surface area contributed by atoms with Gasteiger partial charge in [0.2, 0.25) is 10.0 Å². The standard InChI is InChI=1S/C16H20N2O3S/c1-3-9-17-22(20,21)15-8-4-7-14(11-15)16(19)18-10-5-6-13(2)12-18/h1,4,7-8,11,13,17H,5-6,9-10,12H2,2H3. The van der Waals surface area contributed by atoms with Gasteiger partial charge in [-0.3, -0.25) is 4.79 Å². The van der Waals surface area contributed by atoms with Gasteiger partial charge in [0.25, 0.3) is 5.91 Å². The Morgan fingerprint density at radius 2 is 2.27 bits per heavy atom. The molecule has 5 nitrogen and oxygen atoms in total. The molecule has 118 valence electrons. The average molecular weight is 320 g/mol. The second kappa shape index (κ2) is 6.95. The molecule has 2 rings (SSSR count). The van der Waals surface area contributed by atoms with Crippen LogP contribution in [0, 0.1) is 18.3 Å². The number of rotatable bonds is 4. The first kappa shape index (κ1) is 16.5. The fourth-order valence-corrected chi connectivity index (χ4v) is 3.55. The first-order valence-electron chi connectivity index (χ1n) is 7.26. The molecule has 1 saturated heterocycles. The molecule has 1 N–H and O–H groups in total. The molecular formula is C16H20N2O3S. The molecule has 0 radical (unpaired) electrons. The summed E-state index contributed by atoms with van der Waals surface area (Å²) < 4.78 is 26.4. The van der Waals surface area contributed by atoms with E-state index in [0.717, 1.165) is 19.4 Å². The summed E-state index contributed by atoms with van der Waals surface area (Å²) in [5.74, 6) is 2.57. The van der Waals surface area contributed by atoms with Crippen molar-refractivity contribution in [2.45, 2.75) is 24.7 Å². The minimum absolute atomic E-state index is 0.0543. The maximum absolute atomic E-state index is 12.5. The smallest absolute Gasteiger partial charge is 0.253 e. The van der Waals surface area contributed by atoms with Gasteiger partial charge >= 0.3 is 0 Å². The SMILES string of the molecule is C#CCNS(=O)(=O)c1cccc(C(=O)N2CCCC(C)C2)c1. The van der Waals surface area contributed by atoms with Gasteiger partial charge in [-0.05, 0) is 37.0 Å². The second-order valence-electron chi connectivity index (χ2n) is 5.56. The van der Waals surface area contributed by atoms with Crippen LogP contribution in [-0.2, 0) is 10.0 Å². The van der Waals surface area contributed by atoms with Crippen LogP contribution in [-0.4, -0.2) is 38.9 Å². The van der Waals surface area contributed by atoms with Gasteiger partial charge in [0.15, 0.2) is 0 Å². The minimum atomic E-state index is -3.68. The van der Waals surface area contributed by atoms with Crippen LogP contribution in [0.4, 0.5) is 0 Å². The number of nitrogens with one attached hydrogen (secondary N) is 1. The topological polar surface area (TPSA) is 66.5 Å². The molecule has 1 aliphatic heterocycles. The third-order valence-corrected chi connectivity index (χ3v) is 5.10. The first-order chi connectivity index (χ1) is 10.4. The Hall–Kier alpha value is -1.84. The van der Waals surface area contributed by atoms with Gasteiger partial charge < -0.3 is 4.90 Å². The van der Waals surface area contributed by atoms with Crippen molar-refractivity contribution in [3.05, 3.63) is 29.8 Å². The Kier molecular flexibility index (Phi) is 5.22. The lowest BCUT2D eigenvalue weighted by Gasteiger charge is -2.31. The summed E-state index contributed by atoms with van der Waals surface area (Å²) in [5.41, 5.74) is 0.387. The highest BCUT2D eigenvalue weighted by Crippen LogP contribution is 2.19. The van der Waals surface area contributed by atoms with Gasteiger partial charge in [-0.2, -0.15) is 4.72 Å². The summed E-state index contributed by atoms with van der Waals surface area (Å²) in [6.07, 6.45) is 7.16. The van der Waals surface area contributed by atoms with Gasteiger partial charge in [0.05, 0.1) is 11.4 Å². The predicted molar refractivity (Wildman–Crippen MR) is 84.8 cm³/mol. The molecule has 1 unspecified atom stereocenters. The number of terminal acetylenes is 1. The van der Waals surface area contributed by atoms with Gasteiger partial charge in [-0.25, -0.2) is 8.42 Å². The highest BCUT2D eigenvalue weighted by Gasteiger charge is 2.23. The van der Waals surface area contributed by atoms with Crippen molar-refractivity contribution in [1.82, 2.24) is 9.62 Å². The number of carbonyl (C=O) groups is 1. The van der Waals surface area contributed by atoms with E-state index in [9.17, 15) is 13.2 Å². The number of nitrogens with zero attached hydrogens (tertiary/aromatic N) is 1. The summed E-state index contributed by atoms with van der Waals surface area (Å²) >= 11 is 0. The van der Waals surface area contributed by atoms with Crippen LogP contribution in [0.2, 0.25) is 0 Å². The molecule has 0 aromatic heterocycles. The van der Waals surface area contributed by atoms with Gasteiger partial charge in [-0.1, -0.05) is 18.9 Å². The van der Waals surface area contributed by atoms with E-state index in [1.54, 1.807) is 17.0 Å². The number of hydrogen-bond donors (Lipinski definition) is 1. The van der Waals surface area contributed by atoms with Crippen LogP contribution >= 0.6 is 0 Å². The van der Waals surface area contributed by atoms with Crippen molar-refractivity contribution in [2.24, 2.45) is 5.92 Å². The highest BCUT2D eigenvalue weighted by atomic mass is 32.2. The Morgan fingerprint density at radius 3 is 2.95 bits per heavy atom. The van der Waals surface area contributed by atoms with E-state index in [4.69, 9.17) is 6.42 Å². The van der Waals surface area contributed by atoms with Crippen molar-refractivity contribution >= 4 is 15.9 Å². The van der Waals surface area contributed by atoms with Gasteiger partial charge in [-0.15, -0.1) is 6.42 Å². The lowest BCUT2D eigenvalue weighted by atomic mass is 9.99. The van der Waals surface area contributed by atoms with Crippen molar-refractivity contribution in [2.75, 3.05) is 19.6 Å². The normalized spacial score (nSPS) is 18.7.